The molecule has 1 aliphatic rings. The minimum atomic E-state index is -0.464. The lowest BCUT2D eigenvalue weighted by Gasteiger charge is -2.34. The molecule has 49 heavy (non-hydrogen) atoms. The molecular formula is C49H32. The molecule has 0 heteroatoms. The van der Waals surface area contributed by atoms with Crippen molar-refractivity contribution >= 4 is 32.3 Å². The van der Waals surface area contributed by atoms with Gasteiger partial charge in [-0.2, -0.15) is 0 Å². The van der Waals surface area contributed by atoms with Crippen LogP contribution in [0.4, 0.5) is 0 Å². The first-order valence-electron chi connectivity index (χ1n) is 17.1. The van der Waals surface area contributed by atoms with Gasteiger partial charge in [0.05, 0.1) is 5.41 Å². The van der Waals surface area contributed by atoms with E-state index in [9.17, 15) is 0 Å². The van der Waals surface area contributed by atoms with Gasteiger partial charge in [-0.3, -0.25) is 0 Å². The normalized spacial score (nSPS) is 13.1. The maximum atomic E-state index is 2.49. The van der Waals surface area contributed by atoms with Crippen molar-refractivity contribution in [3.05, 3.63) is 216 Å². The van der Waals surface area contributed by atoms with Gasteiger partial charge in [0.15, 0.2) is 0 Å². The number of fused-ring (bicyclic) bond motifs is 7. The second-order valence-electron chi connectivity index (χ2n) is 13.2. The molecule has 0 nitrogen and oxygen atoms in total. The first-order valence-corrected chi connectivity index (χ1v) is 17.1. The van der Waals surface area contributed by atoms with Gasteiger partial charge in [-0.1, -0.05) is 182 Å². The number of hydrogen-bond acceptors (Lipinski definition) is 0. The molecule has 1 aliphatic carbocycles. The second kappa shape index (κ2) is 10.9. The number of hydrogen-bond donors (Lipinski definition) is 0. The third-order valence-corrected chi connectivity index (χ3v) is 10.7. The molecule has 0 radical (unpaired) electrons. The molecule has 0 unspecified atom stereocenters. The molecule has 0 aliphatic heterocycles. The van der Waals surface area contributed by atoms with Crippen molar-refractivity contribution in [2.24, 2.45) is 0 Å². The molecule has 0 bridgehead atoms. The monoisotopic (exact) mass is 620 g/mol. The zero-order valence-corrected chi connectivity index (χ0v) is 27.0. The average Bonchev–Trinajstić information content (AvgIpc) is 3.49. The average molecular weight is 621 g/mol. The fourth-order valence-electron chi connectivity index (χ4n) is 8.58. The fourth-order valence-corrected chi connectivity index (χ4v) is 8.58. The van der Waals surface area contributed by atoms with E-state index in [2.05, 4.69) is 194 Å². The Hall–Kier alpha value is -6.24. The summed E-state index contributed by atoms with van der Waals surface area (Å²) in [6, 6.07) is 71.9. The lowest BCUT2D eigenvalue weighted by Crippen LogP contribution is -2.28. The highest BCUT2D eigenvalue weighted by Gasteiger charge is 2.46. The van der Waals surface area contributed by atoms with Gasteiger partial charge in [0.25, 0.3) is 0 Å². The van der Waals surface area contributed by atoms with Gasteiger partial charge in [-0.05, 0) is 100 Å². The molecule has 0 aromatic heterocycles. The SMILES string of the molecule is c1ccc(C2(c3ccccc3)c3cc(-c4ccc(-c5ccc6ccccc6c5)c5ccccc45)ccc3-c3c2ccc2ccccc32)cc1. The Morgan fingerprint density at radius 1 is 0.286 bits per heavy atom. The lowest BCUT2D eigenvalue weighted by atomic mass is 9.67. The number of rotatable bonds is 4. The summed E-state index contributed by atoms with van der Waals surface area (Å²) in [6.45, 7) is 0. The summed E-state index contributed by atoms with van der Waals surface area (Å²) in [5.74, 6) is 0. The Balaban J connectivity index is 1.25. The molecule has 0 saturated heterocycles. The number of benzene rings is 9. The third-order valence-electron chi connectivity index (χ3n) is 10.7. The molecule has 0 spiro atoms. The van der Waals surface area contributed by atoms with Crippen LogP contribution in [-0.2, 0) is 5.41 Å². The summed E-state index contributed by atoms with van der Waals surface area (Å²) in [5.41, 5.74) is 12.4. The van der Waals surface area contributed by atoms with Crippen LogP contribution in [0.25, 0.3) is 65.7 Å². The summed E-state index contributed by atoms with van der Waals surface area (Å²) >= 11 is 0. The molecule has 0 heterocycles. The van der Waals surface area contributed by atoms with Gasteiger partial charge in [-0.15, -0.1) is 0 Å². The molecule has 0 atom stereocenters. The highest BCUT2D eigenvalue weighted by atomic mass is 14.5. The van der Waals surface area contributed by atoms with Crippen molar-refractivity contribution in [2.75, 3.05) is 0 Å². The second-order valence-corrected chi connectivity index (χ2v) is 13.2. The fraction of sp³-hybridized carbons (Fsp3) is 0.0204. The van der Waals surface area contributed by atoms with Crippen molar-refractivity contribution in [3.8, 4) is 33.4 Å². The van der Waals surface area contributed by atoms with E-state index in [1.165, 1.54) is 88.0 Å². The Morgan fingerprint density at radius 2 is 0.776 bits per heavy atom. The first kappa shape index (κ1) is 27.8. The lowest BCUT2D eigenvalue weighted by molar-refractivity contribution is 0.769. The van der Waals surface area contributed by atoms with Crippen LogP contribution in [-0.4, -0.2) is 0 Å². The van der Waals surface area contributed by atoms with Crippen LogP contribution < -0.4 is 0 Å². The highest BCUT2D eigenvalue weighted by Crippen LogP contribution is 2.58. The molecule has 0 N–H and O–H groups in total. The highest BCUT2D eigenvalue weighted by molar-refractivity contribution is 6.08. The minimum Gasteiger partial charge on any atom is -0.0622 e. The van der Waals surface area contributed by atoms with Crippen LogP contribution in [0.5, 0.6) is 0 Å². The van der Waals surface area contributed by atoms with E-state index in [-0.39, 0.29) is 0 Å². The van der Waals surface area contributed by atoms with Crippen LogP contribution >= 0.6 is 0 Å². The quantitative estimate of drug-likeness (QED) is 0.184. The minimum absolute atomic E-state index is 0.464. The smallest absolute Gasteiger partial charge is 0.0622 e. The van der Waals surface area contributed by atoms with E-state index in [4.69, 9.17) is 0 Å². The van der Waals surface area contributed by atoms with Crippen LogP contribution in [0.3, 0.4) is 0 Å². The van der Waals surface area contributed by atoms with E-state index >= 15 is 0 Å². The van der Waals surface area contributed by atoms with Gasteiger partial charge in [0, 0.05) is 0 Å². The van der Waals surface area contributed by atoms with Crippen LogP contribution in [0, 0.1) is 0 Å². The summed E-state index contributed by atoms with van der Waals surface area (Å²) in [6.07, 6.45) is 0. The molecule has 10 rings (SSSR count). The van der Waals surface area contributed by atoms with Crippen LogP contribution in [0.15, 0.2) is 194 Å². The molecule has 9 aromatic rings. The largest absolute Gasteiger partial charge is 0.0714 e. The van der Waals surface area contributed by atoms with E-state index in [1.807, 2.05) is 0 Å². The maximum absolute atomic E-state index is 2.49. The van der Waals surface area contributed by atoms with Crippen molar-refractivity contribution in [2.45, 2.75) is 5.41 Å². The molecular weight excluding hydrogens is 589 g/mol. The Bertz CT molecular complexity index is 2660. The van der Waals surface area contributed by atoms with E-state index in [1.54, 1.807) is 0 Å². The Kier molecular flexibility index (Phi) is 6.19. The van der Waals surface area contributed by atoms with Crippen molar-refractivity contribution < 1.29 is 0 Å². The molecule has 0 fully saturated rings. The van der Waals surface area contributed by atoms with Gasteiger partial charge in [0.1, 0.15) is 0 Å². The predicted molar refractivity (Wildman–Crippen MR) is 207 cm³/mol. The van der Waals surface area contributed by atoms with Gasteiger partial charge in [-0.25, -0.2) is 0 Å². The Labute approximate surface area is 286 Å². The summed E-state index contributed by atoms with van der Waals surface area (Å²) in [5, 5.41) is 7.62. The summed E-state index contributed by atoms with van der Waals surface area (Å²) in [4.78, 5) is 0. The van der Waals surface area contributed by atoms with Crippen LogP contribution in [0.2, 0.25) is 0 Å². The van der Waals surface area contributed by atoms with Crippen molar-refractivity contribution in [3.63, 3.8) is 0 Å². The maximum Gasteiger partial charge on any atom is 0.0714 e. The molecule has 0 amide bonds. The zero-order chi connectivity index (χ0) is 32.4. The topological polar surface area (TPSA) is 0 Å². The first-order chi connectivity index (χ1) is 24.3. The van der Waals surface area contributed by atoms with Gasteiger partial charge < -0.3 is 0 Å². The summed E-state index contributed by atoms with van der Waals surface area (Å²) < 4.78 is 0. The zero-order valence-electron chi connectivity index (χ0n) is 27.0. The third kappa shape index (κ3) is 4.11. The van der Waals surface area contributed by atoms with Crippen LogP contribution in [0.1, 0.15) is 22.3 Å². The standard InChI is InChI=1S/C49H32/c1-3-16-38(17-4-1)49(39-18-5-2-6-19-39)46-30-26-34-14-9-10-20-42(34)48(46)45-27-25-37(32-47(45)49)41-29-28-40(43-21-11-12-22-44(41)43)36-24-23-33-13-7-8-15-35(33)31-36/h1-32H. The van der Waals surface area contributed by atoms with Crippen molar-refractivity contribution in [1.29, 1.82) is 0 Å². The Morgan fingerprint density at radius 3 is 1.45 bits per heavy atom. The van der Waals surface area contributed by atoms with E-state index < -0.39 is 5.41 Å². The van der Waals surface area contributed by atoms with E-state index in [0.717, 1.165) is 0 Å². The molecule has 0 saturated carbocycles. The van der Waals surface area contributed by atoms with Gasteiger partial charge in [0.2, 0.25) is 0 Å². The molecule has 228 valence electrons. The molecule has 9 aromatic carbocycles. The van der Waals surface area contributed by atoms with Crippen molar-refractivity contribution in [1.82, 2.24) is 0 Å². The van der Waals surface area contributed by atoms with Gasteiger partial charge >= 0.3 is 0 Å². The van der Waals surface area contributed by atoms with E-state index in [0.29, 0.717) is 0 Å². The predicted octanol–water partition coefficient (Wildman–Crippen LogP) is 12.8. The summed E-state index contributed by atoms with van der Waals surface area (Å²) in [7, 11) is 0.